The third-order valence-corrected chi connectivity index (χ3v) is 2.89. The maximum Gasteiger partial charge on any atom is 0.150 e. The number of carbonyl (C=O) groups is 1. The molecule has 1 aliphatic heterocycles. The van der Waals surface area contributed by atoms with E-state index in [1.54, 1.807) is 0 Å². The van der Waals surface area contributed by atoms with E-state index in [0.717, 1.165) is 25.3 Å². The molecule has 0 bridgehead atoms. The van der Waals surface area contributed by atoms with Crippen LogP contribution in [0.1, 0.15) is 19.8 Å². The zero-order valence-corrected chi connectivity index (χ0v) is 6.26. The molecule has 1 N–H and O–H groups in total. The molecule has 0 aromatic carbocycles. The lowest BCUT2D eigenvalue weighted by molar-refractivity contribution is -0.119. The van der Waals surface area contributed by atoms with Gasteiger partial charge in [0.2, 0.25) is 0 Å². The lowest BCUT2D eigenvalue weighted by Gasteiger charge is -2.09. The van der Waals surface area contributed by atoms with Crippen LogP contribution in [-0.2, 0) is 4.79 Å². The van der Waals surface area contributed by atoms with Crippen molar-refractivity contribution in [1.82, 2.24) is 5.32 Å². The fraction of sp³-hybridized carbons (Fsp3) is 0.875. The van der Waals surface area contributed by atoms with Crippen LogP contribution >= 0.6 is 0 Å². The Hall–Kier alpha value is -0.370. The Balaban J connectivity index is 2.16. The molecule has 0 spiro atoms. The van der Waals surface area contributed by atoms with Crippen LogP contribution in [0.4, 0.5) is 0 Å². The van der Waals surface area contributed by atoms with Crippen LogP contribution in [0.5, 0.6) is 0 Å². The Labute approximate surface area is 61.0 Å². The summed E-state index contributed by atoms with van der Waals surface area (Å²) in [5.41, 5.74) is 0. The van der Waals surface area contributed by atoms with E-state index in [1.807, 2.05) is 0 Å². The summed E-state index contributed by atoms with van der Waals surface area (Å²) in [6.07, 6.45) is 1.93. The highest BCUT2D eigenvalue weighted by Crippen LogP contribution is 2.33. The average Bonchev–Trinajstić information content (AvgIpc) is 2.41. The highest BCUT2D eigenvalue weighted by Gasteiger charge is 2.41. The van der Waals surface area contributed by atoms with Gasteiger partial charge >= 0.3 is 0 Å². The first-order valence-electron chi connectivity index (χ1n) is 4.05. The average molecular weight is 139 g/mol. The lowest BCUT2D eigenvalue weighted by Crippen LogP contribution is -2.29. The maximum atomic E-state index is 11.1. The molecular weight excluding hydrogens is 126 g/mol. The van der Waals surface area contributed by atoms with Gasteiger partial charge < -0.3 is 5.32 Å². The summed E-state index contributed by atoms with van der Waals surface area (Å²) in [6.45, 7) is 3.28. The van der Waals surface area contributed by atoms with Gasteiger partial charge in [0.15, 0.2) is 0 Å². The van der Waals surface area contributed by atoms with Crippen molar-refractivity contribution in [1.29, 1.82) is 0 Å². The van der Waals surface area contributed by atoms with Crippen molar-refractivity contribution in [2.45, 2.75) is 25.8 Å². The van der Waals surface area contributed by atoms with Crippen molar-refractivity contribution in [3.05, 3.63) is 0 Å². The van der Waals surface area contributed by atoms with Crippen LogP contribution in [0.3, 0.4) is 0 Å². The number of fused-ring (bicyclic) bond motifs is 1. The molecule has 2 heteroatoms. The van der Waals surface area contributed by atoms with Gasteiger partial charge in [-0.2, -0.15) is 0 Å². The molecule has 3 atom stereocenters. The molecule has 1 aliphatic carbocycles. The zero-order chi connectivity index (χ0) is 7.14. The van der Waals surface area contributed by atoms with E-state index >= 15 is 0 Å². The standard InChI is InChI=1S/C8H13NO/c1-5-4-9-8-6(5)2-3-7(8)10/h5-6,8-9H,2-4H2,1H3. The van der Waals surface area contributed by atoms with Crippen molar-refractivity contribution in [2.24, 2.45) is 11.8 Å². The topological polar surface area (TPSA) is 29.1 Å². The van der Waals surface area contributed by atoms with Gasteiger partial charge in [-0.25, -0.2) is 0 Å². The molecule has 2 fully saturated rings. The van der Waals surface area contributed by atoms with Crippen LogP contribution in [-0.4, -0.2) is 18.4 Å². The smallest absolute Gasteiger partial charge is 0.150 e. The second-order valence-electron chi connectivity index (χ2n) is 3.53. The van der Waals surface area contributed by atoms with Crippen LogP contribution in [0.25, 0.3) is 0 Å². The Morgan fingerprint density at radius 1 is 1.60 bits per heavy atom. The van der Waals surface area contributed by atoms with E-state index in [-0.39, 0.29) is 6.04 Å². The van der Waals surface area contributed by atoms with Gasteiger partial charge in [0.1, 0.15) is 5.78 Å². The molecule has 3 unspecified atom stereocenters. The summed E-state index contributed by atoms with van der Waals surface area (Å²) in [7, 11) is 0. The summed E-state index contributed by atoms with van der Waals surface area (Å²) in [6, 6.07) is 0.231. The van der Waals surface area contributed by atoms with E-state index in [4.69, 9.17) is 0 Å². The van der Waals surface area contributed by atoms with Crippen molar-refractivity contribution in [3.8, 4) is 0 Å². The first kappa shape index (κ1) is 6.35. The Kier molecular flexibility index (Phi) is 1.31. The number of Topliss-reactive ketones (excluding diaryl/α,β-unsaturated/α-hetero) is 1. The van der Waals surface area contributed by atoms with Gasteiger partial charge in [-0.3, -0.25) is 4.79 Å². The molecule has 0 aromatic rings. The van der Waals surface area contributed by atoms with Crippen molar-refractivity contribution in [3.63, 3.8) is 0 Å². The van der Waals surface area contributed by atoms with Crippen molar-refractivity contribution >= 4 is 5.78 Å². The first-order chi connectivity index (χ1) is 4.79. The van der Waals surface area contributed by atoms with Crippen LogP contribution in [0.2, 0.25) is 0 Å². The Morgan fingerprint density at radius 2 is 2.40 bits per heavy atom. The normalized spacial score (nSPS) is 46.1. The summed E-state index contributed by atoms with van der Waals surface area (Å²) in [4.78, 5) is 11.1. The maximum absolute atomic E-state index is 11.1. The highest BCUT2D eigenvalue weighted by molar-refractivity contribution is 5.86. The van der Waals surface area contributed by atoms with E-state index in [1.165, 1.54) is 0 Å². The second kappa shape index (κ2) is 2.06. The number of hydrogen-bond acceptors (Lipinski definition) is 2. The molecule has 0 aromatic heterocycles. The summed E-state index contributed by atoms with van der Waals surface area (Å²) < 4.78 is 0. The van der Waals surface area contributed by atoms with Crippen molar-refractivity contribution in [2.75, 3.05) is 6.54 Å². The fourth-order valence-corrected chi connectivity index (χ4v) is 2.21. The van der Waals surface area contributed by atoms with Gasteiger partial charge in [-0.05, 0) is 24.8 Å². The quantitative estimate of drug-likeness (QED) is 0.531. The number of ketones is 1. The third kappa shape index (κ3) is 0.717. The molecule has 1 saturated heterocycles. The minimum atomic E-state index is 0.231. The lowest BCUT2D eigenvalue weighted by atomic mass is 9.94. The van der Waals surface area contributed by atoms with E-state index in [2.05, 4.69) is 12.2 Å². The van der Waals surface area contributed by atoms with E-state index < -0.39 is 0 Å². The molecule has 10 heavy (non-hydrogen) atoms. The Morgan fingerprint density at radius 3 is 3.10 bits per heavy atom. The highest BCUT2D eigenvalue weighted by atomic mass is 16.1. The van der Waals surface area contributed by atoms with Gasteiger partial charge in [0, 0.05) is 6.42 Å². The van der Waals surface area contributed by atoms with Gasteiger partial charge in [0.05, 0.1) is 6.04 Å². The predicted octanol–water partition coefficient (Wildman–Crippen LogP) is 0.573. The molecule has 2 nitrogen and oxygen atoms in total. The number of hydrogen-bond donors (Lipinski definition) is 1. The minimum absolute atomic E-state index is 0.231. The monoisotopic (exact) mass is 139 g/mol. The fourth-order valence-electron chi connectivity index (χ4n) is 2.21. The van der Waals surface area contributed by atoms with Gasteiger partial charge in [0.25, 0.3) is 0 Å². The van der Waals surface area contributed by atoms with Crippen LogP contribution < -0.4 is 5.32 Å². The van der Waals surface area contributed by atoms with E-state index in [9.17, 15) is 4.79 Å². The van der Waals surface area contributed by atoms with Crippen molar-refractivity contribution < 1.29 is 4.79 Å². The molecule has 56 valence electrons. The molecule has 1 heterocycles. The summed E-state index contributed by atoms with van der Waals surface area (Å²) >= 11 is 0. The zero-order valence-electron chi connectivity index (χ0n) is 6.26. The van der Waals surface area contributed by atoms with Gasteiger partial charge in [-0.1, -0.05) is 6.92 Å². The Bertz CT molecular complexity index is 167. The molecule has 2 rings (SSSR count). The number of rotatable bonds is 0. The predicted molar refractivity (Wildman–Crippen MR) is 38.7 cm³/mol. The van der Waals surface area contributed by atoms with Gasteiger partial charge in [-0.15, -0.1) is 0 Å². The second-order valence-corrected chi connectivity index (χ2v) is 3.53. The summed E-state index contributed by atoms with van der Waals surface area (Å²) in [5, 5.41) is 3.27. The largest absolute Gasteiger partial charge is 0.307 e. The third-order valence-electron chi connectivity index (χ3n) is 2.89. The summed E-state index contributed by atoms with van der Waals surface area (Å²) in [5.74, 6) is 1.82. The SMILES string of the molecule is CC1CNC2C(=O)CCC12. The molecule has 0 amide bonds. The first-order valence-corrected chi connectivity index (χ1v) is 4.05. The number of nitrogens with one attached hydrogen (secondary N) is 1. The molecule has 2 aliphatic rings. The minimum Gasteiger partial charge on any atom is -0.307 e. The van der Waals surface area contributed by atoms with Crippen LogP contribution in [0.15, 0.2) is 0 Å². The molecule has 1 saturated carbocycles. The number of carbonyl (C=O) groups excluding carboxylic acids is 1. The van der Waals surface area contributed by atoms with E-state index in [0.29, 0.717) is 11.7 Å². The van der Waals surface area contributed by atoms with Crippen LogP contribution in [0, 0.1) is 11.8 Å². The molecular formula is C8H13NO. The molecule has 0 radical (unpaired) electrons.